The fraction of sp³-hybridized carbons (Fsp3) is 0.292. The third-order valence-corrected chi connectivity index (χ3v) is 8.81. The van der Waals surface area contributed by atoms with E-state index >= 15 is 0 Å². The van der Waals surface area contributed by atoms with Crippen molar-refractivity contribution >= 4 is 37.6 Å². The Kier molecular flexibility index (Phi) is 7.48. The number of rotatable bonds is 8. The molecule has 0 radical (unpaired) electrons. The highest BCUT2D eigenvalue weighted by atomic mass is 32.2. The molecule has 170 valence electrons. The van der Waals surface area contributed by atoms with Crippen molar-refractivity contribution in [2.45, 2.75) is 41.9 Å². The summed E-state index contributed by atoms with van der Waals surface area (Å²) in [6.07, 6.45) is 0. The molecule has 0 aliphatic carbocycles. The van der Waals surface area contributed by atoms with E-state index in [2.05, 4.69) is 4.72 Å². The lowest BCUT2D eigenvalue weighted by atomic mass is 10.0. The zero-order valence-electron chi connectivity index (χ0n) is 18.4. The largest absolute Gasteiger partial charge is 0.468 e. The molecule has 1 unspecified atom stereocenters. The Morgan fingerprint density at radius 3 is 2.22 bits per heavy atom. The van der Waals surface area contributed by atoms with E-state index in [4.69, 9.17) is 4.74 Å². The fourth-order valence-corrected chi connectivity index (χ4v) is 6.78. The van der Waals surface area contributed by atoms with Gasteiger partial charge in [0.15, 0.2) is 0 Å². The number of ether oxygens (including phenoxy) is 1. The van der Waals surface area contributed by atoms with E-state index in [1.54, 1.807) is 44.2 Å². The first-order valence-corrected chi connectivity index (χ1v) is 12.9. The lowest BCUT2D eigenvalue weighted by molar-refractivity contribution is -0.142. The van der Waals surface area contributed by atoms with E-state index < -0.39 is 38.1 Å². The Morgan fingerprint density at radius 2 is 1.59 bits per heavy atom. The number of sulfonamides is 1. The van der Waals surface area contributed by atoms with E-state index in [0.29, 0.717) is 10.3 Å². The second kappa shape index (κ2) is 9.94. The molecule has 6 nitrogen and oxygen atoms in total. The highest BCUT2D eigenvalue weighted by Gasteiger charge is 2.39. The summed E-state index contributed by atoms with van der Waals surface area (Å²) in [6.45, 7) is 5.53. The van der Waals surface area contributed by atoms with Crippen LogP contribution >= 0.6 is 0 Å². The third-order valence-electron chi connectivity index (χ3n) is 5.26. The summed E-state index contributed by atoms with van der Waals surface area (Å²) in [7, 11) is -4.60. The Labute approximate surface area is 191 Å². The van der Waals surface area contributed by atoms with Crippen molar-refractivity contribution in [3.63, 3.8) is 0 Å². The minimum atomic E-state index is -4.13. The van der Waals surface area contributed by atoms with E-state index in [1.807, 2.05) is 37.3 Å². The van der Waals surface area contributed by atoms with Crippen LogP contribution in [0.15, 0.2) is 76.5 Å². The van der Waals surface area contributed by atoms with Gasteiger partial charge >= 0.3 is 5.97 Å². The van der Waals surface area contributed by atoms with Crippen molar-refractivity contribution in [2.75, 3.05) is 7.11 Å². The lowest BCUT2D eigenvalue weighted by Crippen LogP contribution is -2.52. The fourth-order valence-electron chi connectivity index (χ4n) is 3.62. The van der Waals surface area contributed by atoms with Gasteiger partial charge in [-0.05, 0) is 36.4 Å². The van der Waals surface area contributed by atoms with Gasteiger partial charge in [-0.15, -0.1) is 0 Å². The number of methoxy groups -OCH3 is 1. The van der Waals surface area contributed by atoms with Gasteiger partial charge in [-0.3, -0.25) is 9.00 Å². The molecule has 0 amide bonds. The maximum Gasteiger partial charge on any atom is 0.325 e. The van der Waals surface area contributed by atoms with Gasteiger partial charge in [0.1, 0.15) is 6.04 Å². The topological polar surface area (TPSA) is 89.5 Å². The first-order chi connectivity index (χ1) is 15.2. The Bertz CT molecular complexity index is 1230. The number of benzene rings is 3. The second-order valence-corrected chi connectivity index (χ2v) is 11.2. The van der Waals surface area contributed by atoms with Crippen LogP contribution in [-0.2, 0) is 30.4 Å². The molecule has 0 spiro atoms. The van der Waals surface area contributed by atoms with Crippen molar-refractivity contribution in [3.8, 4) is 0 Å². The minimum Gasteiger partial charge on any atom is -0.468 e. The number of carbonyl (C=O) groups excluding carboxylic acids is 1. The molecule has 0 aliphatic rings. The van der Waals surface area contributed by atoms with Gasteiger partial charge in [-0.25, -0.2) is 8.42 Å². The number of esters is 1. The van der Waals surface area contributed by atoms with Crippen molar-refractivity contribution in [1.82, 2.24) is 4.72 Å². The highest BCUT2D eigenvalue weighted by Crippen LogP contribution is 2.26. The van der Waals surface area contributed by atoms with E-state index in [1.165, 1.54) is 13.2 Å². The van der Waals surface area contributed by atoms with E-state index in [9.17, 15) is 17.4 Å². The molecule has 3 aromatic carbocycles. The Hall–Kier alpha value is -2.55. The average Bonchev–Trinajstić information content (AvgIpc) is 2.77. The smallest absolute Gasteiger partial charge is 0.325 e. The molecule has 0 aliphatic heterocycles. The van der Waals surface area contributed by atoms with Crippen molar-refractivity contribution in [3.05, 3.63) is 72.3 Å². The predicted octanol–water partition coefficient (Wildman–Crippen LogP) is 3.80. The summed E-state index contributed by atoms with van der Waals surface area (Å²) < 4.78 is 47.7. The molecular formula is C24H27NO5S2. The molecule has 0 heterocycles. The van der Waals surface area contributed by atoms with Gasteiger partial charge in [-0.2, -0.15) is 4.72 Å². The molecular weight excluding hydrogens is 446 g/mol. The maximum atomic E-state index is 13.5. The molecule has 0 bridgehead atoms. The van der Waals surface area contributed by atoms with Crippen LogP contribution in [0, 0.1) is 12.8 Å². The van der Waals surface area contributed by atoms with Crippen LogP contribution in [0.2, 0.25) is 0 Å². The van der Waals surface area contributed by atoms with Gasteiger partial charge in [0.2, 0.25) is 10.0 Å². The van der Waals surface area contributed by atoms with Gasteiger partial charge in [-0.1, -0.05) is 67.9 Å². The monoisotopic (exact) mass is 473 g/mol. The zero-order chi connectivity index (χ0) is 23.5. The molecule has 1 N–H and O–H groups in total. The zero-order valence-corrected chi connectivity index (χ0v) is 20.1. The molecule has 8 heteroatoms. The van der Waals surface area contributed by atoms with Crippen LogP contribution in [0.1, 0.15) is 19.4 Å². The van der Waals surface area contributed by atoms with Crippen LogP contribution in [0.25, 0.3) is 10.8 Å². The van der Waals surface area contributed by atoms with Gasteiger partial charge in [0, 0.05) is 10.3 Å². The molecule has 3 aromatic rings. The highest BCUT2D eigenvalue weighted by molar-refractivity contribution is 7.90. The van der Waals surface area contributed by atoms with Gasteiger partial charge in [0.25, 0.3) is 0 Å². The van der Waals surface area contributed by atoms with Crippen LogP contribution in [0.4, 0.5) is 0 Å². The minimum absolute atomic E-state index is 0.0492. The number of hydrogen-bond donors (Lipinski definition) is 1. The van der Waals surface area contributed by atoms with Crippen LogP contribution < -0.4 is 4.72 Å². The molecule has 3 rings (SSSR count). The standard InChI is InChI=1S/C24H27NO5S2/c1-16(2)23(31(27)19-14-12-17(3)13-15-19)22(24(26)30-4)25-32(28,29)21-11-7-9-18-8-5-6-10-20(18)21/h5-16,22-23,25H,1-4H3/t22-,23+,31?/m0/s1. The summed E-state index contributed by atoms with van der Waals surface area (Å²) in [5, 5.41) is 0.454. The van der Waals surface area contributed by atoms with Gasteiger partial charge in [0.05, 0.1) is 28.1 Å². The summed E-state index contributed by atoms with van der Waals surface area (Å²) >= 11 is 0. The molecule has 3 atom stereocenters. The van der Waals surface area contributed by atoms with Crippen molar-refractivity contribution in [1.29, 1.82) is 0 Å². The molecule has 0 aromatic heterocycles. The van der Waals surface area contributed by atoms with Crippen molar-refractivity contribution < 1.29 is 22.2 Å². The molecule has 0 saturated carbocycles. The lowest BCUT2D eigenvalue weighted by Gasteiger charge is -2.28. The van der Waals surface area contributed by atoms with Crippen LogP contribution in [-0.4, -0.2) is 37.0 Å². The van der Waals surface area contributed by atoms with E-state index in [0.717, 1.165) is 10.9 Å². The summed E-state index contributed by atoms with van der Waals surface area (Å²) in [5.74, 6) is -1.07. The molecule has 32 heavy (non-hydrogen) atoms. The summed E-state index contributed by atoms with van der Waals surface area (Å²) in [5.41, 5.74) is 1.01. The predicted molar refractivity (Wildman–Crippen MR) is 126 cm³/mol. The number of aryl methyl sites for hydroxylation is 1. The third kappa shape index (κ3) is 5.09. The van der Waals surface area contributed by atoms with Crippen LogP contribution in [0.3, 0.4) is 0 Å². The molecule has 0 fully saturated rings. The summed E-state index contributed by atoms with van der Waals surface area (Å²) in [4.78, 5) is 13.3. The summed E-state index contributed by atoms with van der Waals surface area (Å²) in [6, 6.07) is 17.8. The van der Waals surface area contributed by atoms with E-state index in [-0.39, 0.29) is 10.8 Å². The first kappa shape index (κ1) is 24.1. The second-order valence-electron chi connectivity index (χ2n) is 7.92. The quantitative estimate of drug-likeness (QED) is 0.503. The number of carbonyl (C=O) groups is 1. The number of fused-ring (bicyclic) bond motifs is 1. The normalized spacial score (nSPS) is 14.8. The first-order valence-electron chi connectivity index (χ1n) is 10.2. The SMILES string of the molecule is COC(=O)[C@@H](NS(=O)(=O)c1cccc2ccccc12)[C@@H](C(C)C)S(=O)c1ccc(C)cc1. The van der Waals surface area contributed by atoms with Crippen molar-refractivity contribution in [2.24, 2.45) is 5.92 Å². The average molecular weight is 474 g/mol. The van der Waals surface area contributed by atoms with Crippen LogP contribution in [0.5, 0.6) is 0 Å². The number of hydrogen-bond acceptors (Lipinski definition) is 5. The Balaban J connectivity index is 2.05. The van der Waals surface area contributed by atoms with Gasteiger partial charge < -0.3 is 4.74 Å². The molecule has 0 saturated heterocycles. The maximum absolute atomic E-state index is 13.5. The Morgan fingerprint density at radius 1 is 0.969 bits per heavy atom. The number of nitrogens with one attached hydrogen (secondary N) is 1.